The Bertz CT molecular complexity index is 351. The Morgan fingerprint density at radius 2 is 2.20 bits per heavy atom. The highest BCUT2D eigenvalue weighted by molar-refractivity contribution is 9.09. The standard InChI is InChI=1S/C12H17BrN2/c1-9-4-3-5-11(10(9)2)15-7-6-14-12(13)8-15/h3-5,12,14H,6-8H2,1-2H3. The molecule has 2 rings (SSSR count). The van der Waals surface area contributed by atoms with E-state index in [9.17, 15) is 0 Å². The Kier molecular flexibility index (Phi) is 3.32. The third-order valence-corrected chi connectivity index (χ3v) is 3.66. The summed E-state index contributed by atoms with van der Waals surface area (Å²) in [5, 5.41) is 3.39. The minimum Gasteiger partial charge on any atom is -0.368 e. The van der Waals surface area contributed by atoms with Crippen LogP contribution in [0.1, 0.15) is 11.1 Å². The highest BCUT2D eigenvalue weighted by Crippen LogP contribution is 2.24. The predicted octanol–water partition coefficient (Wildman–Crippen LogP) is 2.43. The lowest BCUT2D eigenvalue weighted by Gasteiger charge is -2.34. The zero-order valence-corrected chi connectivity index (χ0v) is 10.8. The zero-order chi connectivity index (χ0) is 10.8. The van der Waals surface area contributed by atoms with Crippen molar-refractivity contribution in [2.45, 2.75) is 18.8 Å². The van der Waals surface area contributed by atoms with Gasteiger partial charge in [0.25, 0.3) is 0 Å². The molecule has 1 fully saturated rings. The van der Waals surface area contributed by atoms with Gasteiger partial charge in [0.1, 0.15) is 0 Å². The molecule has 1 aromatic carbocycles. The van der Waals surface area contributed by atoms with E-state index in [0.717, 1.165) is 19.6 Å². The number of aryl methyl sites for hydroxylation is 1. The van der Waals surface area contributed by atoms with E-state index in [4.69, 9.17) is 0 Å². The quantitative estimate of drug-likeness (QED) is 0.622. The van der Waals surface area contributed by atoms with E-state index in [1.807, 2.05) is 0 Å². The molecular formula is C12H17BrN2. The Morgan fingerprint density at radius 1 is 1.40 bits per heavy atom. The lowest BCUT2D eigenvalue weighted by molar-refractivity contribution is 0.564. The van der Waals surface area contributed by atoms with Gasteiger partial charge in [-0.25, -0.2) is 0 Å². The molecule has 2 nitrogen and oxygen atoms in total. The average Bonchev–Trinajstić information content (AvgIpc) is 2.22. The van der Waals surface area contributed by atoms with Crippen molar-refractivity contribution in [2.75, 3.05) is 24.5 Å². The van der Waals surface area contributed by atoms with Gasteiger partial charge in [-0.3, -0.25) is 0 Å². The summed E-state index contributed by atoms with van der Waals surface area (Å²) in [6, 6.07) is 6.53. The summed E-state index contributed by atoms with van der Waals surface area (Å²) in [4.78, 5) is 2.85. The fourth-order valence-corrected chi connectivity index (χ4v) is 2.58. The molecule has 0 saturated carbocycles. The van der Waals surface area contributed by atoms with Crippen LogP contribution in [0.2, 0.25) is 0 Å². The minimum absolute atomic E-state index is 0.408. The van der Waals surface area contributed by atoms with Crippen LogP contribution in [0.4, 0.5) is 5.69 Å². The van der Waals surface area contributed by atoms with Crippen molar-refractivity contribution in [1.82, 2.24) is 5.32 Å². The van der Waals surface area contributed by atoms with Gasteiger partial charge in [0.05, 0.1) is 4.95 Å². The fourth-order valence-electron chi connectivity index (χ4n) is 2.00. The van der Waals surface area contributed by atoms with Crippen LogP contribution < -0.4 is 10.2 Å². The van der Waals surface area contributed by atoms with Gasteiger partial charge >= 0.3 is 0 Å². The van der Waals surface area contributed by atoms with Gasteiger partial charge in [0, 0.05) is 25.3 Å². The van der Waals surface area contributed by atoms with E-state index in [0.29, 0.717) is 4.95 Å². The molecule has 1 aliphatic rings. The molecule has 0 radical (unpaired) electrons. The molecule has 1 aliphatic heterocycles. The molecule has 0 aliphatic carbocycles. The smallest absolute Gasteiger partial charge is 0.0808 e. The lowest BCUT2D eigenvalue weighted by atomic mass is 10.1. The van der Waals surface area contributed by atoms with E-state index in [-0.39, 0.29) is 0 Å². The molecule has 82 valence electrons. The van der Waals surface area contributed by atoms with Crippen LogP contribution in [0.15, 0.2) is 18.2 Å². The van der Waals surface area contributed by atoms with Crippen LogP contribution in [0.5, 0.6) is 0 Å². The number of benzene rings is 1. The lowest BCUT2D eigenvalue weighted by Crippen LogP contribution is -2.48. The van der Waals surface area contributed by atoms with Crippen molar-refractivity contribution in [2.24, 2.45) is 0 Å². The monoisotopic (exact) mass is 268 g/mol. The highest BCUT2D eigenvalue weighted by Gasteiger charge is 2.18. The summed E-state index contributed by atoms with van der Waals surface area (Å²) in [6.45, 7) is 7.54. The van der Waals surface area contributed by atoms with Crippen LogP contribution >= 0.6 is 15.9 Å². The van der Waals surface area contributed by atoms with Crippen LogP contribution in [-0.2, 0) is 0 Å². The first kappa shape index (κ1) is 11.0. The average molecular weight is 269 g/mol. The van der Waals surface area contributed by atoms with Crippen molar-refractivity contribution in [3.63, 3.8) is 0 Å². The summed E-state index contributed by atoms with van der Waals surface area (Å²) < 4.78 is 0. The van der Waals surface area contributed by atoms with E-state index in [1.165, 1.54) is 16.8 Å². The number of alkyl halides is 1. The van der Waals surface area contributed by atoms with Gasteiger partial charge in [0.15, 0.2) is 0 Å². The van der Waals surface area contributed by atoms with E-state index in [2.05, 4.69) is 58.2 Å². The van der Waals surface area contributed by atoms with Crippen molar-refractivity contribution in [1.29, 1.82) is 0 Å². The number of piperazine rings is 1. The highest BCUT2D eigenvalue weighted by atomic mass is 79.9. The van der Waals surface area contributed by atoms with E-state index < -0.39 is 0 Å². The Morgan fingerprint density at radius 3 is 2.93 bits per heavy atom. The molecule has 1 aromatic rings. The first-order chi connectivity index (χ1) is 7.18. The second-order valence-corrected chi connectivity index (χ2v) is 5.19. The Balaban J connectivity index is 2.24. The number of rotatable bonds is 1. The van der Waals surface area contributed by atoms with Gasteiger partial charge in [0.2, 0.25) is 0 Å². The summed E-state index contributed by atoms with van der Waals surface area (Å²) in [6.07, 6.45) is 0. The number of nitrogens with zero attached hydrogens (tertiary/aromatic N) is 1. The number of nitrogens with one attached hydrogen (secondary N) is 1. The summed E-state index contributed by atoms with van der Waals surface area (Å²) in [5.41, 5.74) is 4.15. The predicted molar refractivity (Wildman–Crippen MR) is 68.8 cm³/mol. The van der Waals surface area contributed by atoms with Gasteiger partial charge in [-0.05, 0) is 31.0 Å². The van der Waals surface area contributed by atoms with Crippen LogP contribution in [0.25, 0.3) is 0 Å². The molecule has 3 heteroatoms. The van der Waals surface area contributed by atoms with E-state index >= 15 is 0 Å². The van der Waals surface area contributed by atoms with Crippen molar-refractivity contribution in [3.05, 3.63) is 29.3 Å². The van der Waals surface area contributed by atoms with Crippen molar-refractivity contribution >= 4 is 21.6 Å². The minimum atomic E-state index is 0.408. The van der Waals surface area contributed by atoms with E-state index in [1.54, 1.807) is 0 Å². The maximum atomic E-state index is 3.62. The maximum absolute atomic E-state index is 3.62. The molecule has 0 amide bonds. The van der Waals surface area contributed by atoms with Crippen LogP contribution in [0.3, 0.4) is 0 Å². The molecule has 1 N–H and O–H groups in total. The summed E-state index contributed by atoms with van der Waals surface area (Å²) in [7, 11) is 0. The van der Waals surface area contributed by atoms with Crippen LogP contribution in [-0.4, -0.2) is 24.6 Å². The van der Waals surface area contributed by atoms with Gasteiger partial charge in [-0.2, -0.15) is 0 Å². The normalized spacial score (nSPS) is 21.8. The third kappa shape index (κ3) is 2.34. The number of halogens is 1. The topological polar surface area (TPSA) is 15.3 Å². The number of hydrogen-bond donors (Lipinski definition) is 1. The first-order valence-corrected chi connectivity index (χ1v) is 6.28. The van der Waals surface area contributed by atoms with Gasteiger partial charge < -0.3 is 10.2 Å². The maximum Gasteiger partial charge on any atom is 0.0808 e. The second-order valence-electron chi connectivity index (χ2n) is 4.09. The van der Waals surface area contributed by atoms with Gasteiger partial charge in [-0.15, -0.1) is 0 Å². The molecule has 1 saturated heterocycles. The fraction of sp³-hybridized carbons (Fsp3) is 0.500. The molecule has 0 aromatic heterocycles. The molecular weight excluding hydrogens is 252 g/mol. The number of anilines is 1. The summed E-state index contributed by atoms with van der Waals surface area (Å²) >= 11 is 3.62. The molecule has 1 heterocycles. The molecule has 1 atom stereocenters. The molecule has 15 heavy (non-hydrogen) atoms. The SMILES string of the molecule is Cc1cccc(N2CCNC(Br)C2)c1C. The summed E-state index contributed by atoms with van der Waals surface area (Å²) in [5.74, 6) is 0. The first-order valence-electron chi connectivity index (χ1n) is 5.37. The molecule has 0 spiro atoms. The Hall–Kier alpha value is -0.540. The largest absolute Gasteiger partial charge is 0.368 e. The Labute approximate surface area is 99.8 Å². The van der Waals surface area contributed by atoms with Crippen molar-refractivity contribution < 1.29 is 0 Å². The van der Waals surface area contributed by atoms with Crippen molar-refractivity contribution in [3.8, 4) is 0 Å². The van der Waals surface area contributed by atoms with Crippen LogP contribution in [0, 0.1) is 13.8 Å². The second kappa shape index (κ2) is 4.54. The molecule has 1 unspecified atom stereocenters. The number of hydrogen-bond acceptors (Lipinski definition) is 2. The molecule has 0 bridgehead atoms. The van der Waals surface area contributed by atoms with Gasteiger partial charge in [-0.1, -0.05) is 28.1 Å². The third-order valence-electron chi connectivity index (χ3n) is 3.04. The zero-order valence-electron chi connectivity index (χ0n) is 9.26.